The molecule has 0 spiro atoms. The molecule has 5 nitrogen and oxygen atoms in total. The maximum atomic E-state index is 12.3. The average molecular weight is 255 g/mol. The summed E-state index contributed by atoms with van der Waals surface area (Å²) in [6, 6.07) is 3.68. The molecule has 2 aromatic rings. The normalized spacial score (nSPS) is 11.3. The number of anilines is 3. The van der Waals surface area contributed by atoms with Crippen LogP contribution in [0.15, 0.2) is 30.6 Å². The molecule has 0 saturated carbocycles. The zero-order valence-corrected chi connectivity index (χ0v) is 8.94. The Kier molecular flexibility index (Phi) is 3.00. The second-order valence-electron chi connectivity index (χ2n) is 3.35. The summed E-state index contributed by atoms with van der Waals surface area (Å²) in [7, 11) is 0. The van der Waals surface area contributed by atoms with E-state index in [1.54, 1.807) is 0 Å². The van der Waals surface area contributed by atoms with E-state index in [4.69, 9.17) is 5.73 Å². The molecule has 0 fully saturated rings. The topological polar surface area (TPSA) is 76.7 Å². The van der Waals surface area contributed by atoms with Crippen molar-refractivity contribution in [2.45, 2.75) is 6.18 Å². The van der Waals surface area contributed by atoms with Gasteiger partial charge in [-0.05, 0) is 18.2 Å². The van der Waals surface area contributed by atoms with E-state index in [9.17, 15) is 13.2 Å². The van der Waals surface area contributed by atoms with Crippen LogP contribution in [0.25, 0.3) is 0 Å². The van der Waals surface area contributed by atoms with E-state index >= 15 is 0 Å². The number of nitrogens with one attached hydrogen (secondary N) is 1. The van der Waals surface area contributed by atoms with E-state index in [1.807, 2.05) is 0 Å². The maximum absolute atomic E-state index is 12.3. The zero-order chi connectivity index (χ0) is 13.2. The van der Waals surface area contributed by atoms with Gasteiger partial charge in [-0.3, -0.25) is 0 Å². The third-order valence-corrected chi connectivity index (χ3v) is 2.00. The summed E-state index contributed by atoms with van der Waals surface area (Å²) in [6.07, 6.45) is -1.94. The minimum absolute atomic E-state index is 0.0693. The molecule has 0 atom stereocenters. The number of halogens is 3. The predicted octanol–water partition coefficient (Wildman–Crippen LogP) is 2.22. The molecular weight excluding hydrogens is 247 g/mol. The van der Waals surface area contributed by atoms with Gasteiger partial charge < -0.3 is 11.1 Å². The number of pyridine rings is 1. The number of nitrogen functional groups attached to an aromatic ring is 1. The number of aromatic nitrogens is 3. The lowest BCUT2D eigenvalue weighted by atomic mass is 10.3. The van der Waals surface area contributed by atoms with Gasteiger partial charge in [-0.2, -0.15) is 18.2 Å². The highest BCUT2D eigenvalue weighted by molar-refractivity contribution is 5.55. The van der Waals surface area contributed by atoms with Crippen LogP contribution in [0.3, 0.4) is 0 Å². The third kappa shape index (κ3) is 2.84. The molecule has 2 aromatic heterocycles. The Hall–Kier alpha value is -2.38. The molecule has 2 heterocycles. The van der Waals surface area contributed by atoms with E-state index in [2.05, 4.69) is 20.3 Å². The fraction of sp³-hybridized carbons (Fsp3) is 0.100. The van der Waals surface area contributed by atoms with Crippen LogP contribution in [0.4, 0.5) is 30.6 Å². The zero-order valence-electron chi connectivity index (χ0n) is 8.94. The summed E-state index contributed by atoms with van der Waals surface area (Å²) in [5, 5.41) is 2.76. The van der Waals surface area contributed by atoms with Crippen molar-refractivity contribution >= 4 is 17.5 Å². The Bertz CT molecular complexity index is 538. The Morgan fingerprint density at radius 3 is 2.44 bits per heavy atom. The SMILES string of the molecule is Nc1nccc(Nc2ccc(C(F)(F)F)nc2)n1. The summed E-state index contributed by atoms with van der Waals surface area (Å²) < 4.78 is 36.8. The van der Waals surface area contributed by atoms with Crippen LogP contribution in [-0.4, -0.2) is 15.0 Å². The van der Waals surface area contributed by atoms with Gasteiger partial charge in [0.25, 0.3) is 0 Å². The standard InChI is InChI=1S/C10H8F3N5/c11-10(12,13)7-2-1-6(5-16-7)17-8-3-4-15-9(14)18-8/h1-5H,(H3,14,15,17,18). The van der Waals surface area contributed by atoms with Crippen molar-refractivity contribution in [3.05, 3.63) is 36.3 Å². The summed E-state index contributed by atoms with van der Waals surface area (Å²) in [4.78, 5) is 10.8. The molecular formula is C10H8F3N5. The van der Waals surface area contributed by atoms with Gasteiger partial charge in [0.05, 0.1) is 11.9 Å². The molecule has 0 aromatic carbocycles. The second-order valence-corrected chi connectivity index (χ2v) is 3.35. The molecule has 3 N–H and O–H groups in total. The van der Waals surface area contributed by atoms with Crippen molar-refractivity contribution in [2.75, 3.05) is 11.1 Å². The molecule has 0 aliphatic heterocycles. The molecule has 0 amide bonds. The number of rotatable bonds is 2. The van der Waals surface area contributed by atoms with Crippen molar-refractivity contribution in [1.82, 2.24) is 15.0 Å². The first-order valence-corrected chi connectivity index (χ1v) is 4.84. The van der Waals surface area contributed by atoms with Gasteiger partial charge in [0.15, 0.2) is 0 Å². The van der Waals surface area contributed by atoms with Crippen LogP contribution in [0, 0.1) is 0 Å². The minimum atomic E-state index is -4.45. The second kappa shape index (κ2) is 4.47. The first-order chi connectivity index (χ1) is 8.45. The van der Waals surface area contributed by atoms with Crippen LogP contribution < -0.4 is 11.1 Å². The lowest BCUT2D eigenvalue weighted by molar-refractivity contribution is -0.141. The Morgan fingerprint density at radius 1 is 1.11 bits per heavy atom. The average Bonchev–Trinajstić information content (AvgIpc) is 2.28. The van der Waals surface area contributed by atoms with Crippen molar-refractivity contribution < 1.29 is 13.2 Å². The van der Waals surface area contributed by atoms with Gasteiger partial charge in [0, 0.05) is 6.20 Å². The smallest absolute Gasteiger partial charge is 0.368 e. The molecule has 0 saturated heterocycles. The van der Waals surface area contributed by atoms with E-state index in [0.717, 1.165) is 12.3 Å². The van der Waals surface area contributed by atoms with E-state index in [0.29, 0.717) is 11.5 Å². The van der Waals surface area contributed by atoms with Crippen LogP contribution in [0.5, 0.6) is 0 Å². The molecule has 94 valence electrons. The number of nitrogens with two attached hydrogens (primary N) is 1. The molecule has 8 heteroatoms. The lowest BCUT2D eigenvalue weighted by Crippen LogP contribution is -2.07. The van der Waals surface area contributed by atoms with Crippen LogP contribution in [0.2, 0.25) is 0 Å². The minimum Gasteiger partial charge on any atom is -0.368 e. The lowest BCUT2D eigenvalue weighted by Gasteiger charge is -2.08. The highest BCUT2D eigenvalue weighted by atomic mass is 19.4. The summed E-state index contributed by atoms with van der Waals surface area (Å²) >= 11 is 0. The molecule has 18 heavy (non-hydrogen) atoms. The van der Waals surface area contributed by atoms with Gasteiger partial charge in [-0.1, -0.05) is 0 Å². The van der Waals surface area contributed by atoms with Crippen LogP contribution in [-0.2, 0) is 6.18 Å². The first kappa shape index (κ1) is 12.1. The molecule has 0 aliphatic rings. The van der Waals surface area contributed by atoms with Crippen LogP contribution in [0.1, 0.15) is 5.69 Å². The van der Waals surface area contributed by atoms with Crippen molar-refractivity contribution in [1.29, 1.82) is 0 Å². The van der Waals surface area contributed by atoms with Gasteiger partial charge in [0.2, 0.25) is 5.95 Å². The summed E-state index contributed by atoms with van der Waals surface area (Å²) in [6.45, 7) is 0. The quantitative estimate of drug-likeness (QED) is 0.860. The fourth-order valence-corrected chi connectivity index (χ4v) is 1.23. The molecule has 0 radical (unpaired) electrons. The largest absolute Gasteiger partial charge is 0.433 e. The number of hydrogen-bond donors (Lipinski definition) is 2. The van der Waals surface area contributed by atoms with Gasteiger partial charge >= 0.3 is 6.18 Å². The maximum Gasteiger partial charge on any atom is 0.433 e. The Morgan fingerprint density at radius 2 is 1.89 bits per heavy atom. The van der Waals surface area contributed by atoms with Gasteiger partial charge in [0.1, 0.15) is 11.5 Å². The number of hydrogen-bond acceptors (Lipinski definition) is 5. The van der Waals surface area contributed by atoms with Crippen LogP contribution >= 0.6 is 0 Å². The van der Waals surface area contributed by atoms with E-state index < -0.39 is 11.9 Å². The number of nitrogens with zero attached hydrogens (tertiary/aromatic N) is 3. The summed E-state index contributed by atoms with van der Waals surface area (Å²) in [5.41, 5.74) is 4.79. The van der Waals surface area contributed by atoms with Crippen molar-refractivity contribution in [3.63, 3.8) is 0 Å². The Balaban J connectivity index is 2.16. The first-order valence-electron chi connectivity index (χ1n) is 4.84. The van der Waals surface area contributed by atoms with Gasteiger partial charge in [-0.15, -0.1) is 0 Å². The molecule has 0 bridgehead atoms. The third-order valence-electron chi connectivity index (χ3n) is 2.00. The molecule has 0 aliphatic carbocycles. The molecule has 0 unspecified atom stereocenters. The number of alkyl halides is 3. The monoisotopic (exact) mass is 255 g/mol. The van der Waals surface area contributed by atoms with E-state index in [-0.39, 0.29) is 5.95 Å². The molecule has 2 rings (SSSR count). The van der Waals surface area contributed by atoms with Crippen molar-refractivity contribution in [3.8, 4) is 0 Å². The highest BCUT2D eigenvalue weighted by Crippen LogP contribution is 2.28. The predicted molar refractivity (Wildman–Crippen MR) is 59.0 cm³/mol. The highest BCUT2D eigenvalue weighted by Gasteiger charge is 2.31. The Labute approximate surface area is 99.9 Å². The fourth-order valence-electron chi connectivity index (χ4n) is 1.23. The van der Waals surface area contributed by atoms with Gasteiger partial charge in [-0.25, -0.2) is 9.97 Å². The van der Waals surface area contributed by atoms with E-state index in [1.165, 1.54) is 18.3 Å². The summed E-state index contributed by atoms with van der Waals surface area (Å²) in [5.74, 6) is 0.448. The van der Waals surface area contributed by atoms with Crippen molar-refractivity contribution in [2.24, 2.45) is 0 Å².